The van der Waals surface area contributed by atoms with Crippen LogP contribution < -0.4 is 5.32 Å². The number of rotatable bonds is 8. The van der Waals surface area contributed by atoms with Gasteiger partial charge in [0.15, 0.2) is 0 Å². The van der Waals surface area contributed by atoms with Gasteiger partial charge in [0.25, 0.3) is 0 Å². The second kappa shape index (κ2) is 9.71. The van der Waals surface area contributed by atoms with Crippen LogP contribution in [0.1, 0.15) is 30.6 Å². The summed E-state index contributed by atoms with van der Waals surface area (Å²) in [5, 5.41) is 2.96. The Morgan fingerprint density at radius 3 is 2.54 bits per heavy atom. The van der Waals surface area contributed by atoms with Gasteiger partial charge in [0.2, 0.25) is 15.9 Å². The van der Waals surface area contributed by atoms with Crippen LogP contribution in [0.3, 0.4) is 0 Å². The molecule has 1 aliphatic heterocycles. The Balaban J connectivity index is 1.41. The summed E-state index contributed by atoms with van der Waals surface area (Å²) < 4.78 is 33.0. The zero-order chi connectivity index (χ0) is 20.0. The largest absolute Gasteiger partial charge is 0.469 e. The number of nitrogens with zero attached hydrogens (tertiary/aromatic N) is 1. The molecule has 6 nitrogen and oxygen atoms in total. The highest BCUT2D eigenvalue weighted by Gasteiger charge is 2.31. The summed E-state index contributed by atoms with van der Waals surface area (Å²) in [6.45, 7) is 1.38. The smallest absolute Gasteiger partial charge is 0.223 e. The lowest BCUT2D eigenvalue weighted by Crippen LogP contribution is -2.43. The highest BCUT2D eigenvalue weighted by Crippen LogP contribution is 2.22. The molecule has 1 aliphatic rings. The van der Waals surface area contributed by atoms with Gasteiger partial charge in [0.1, 0.15) is 5.76 Å². The lowest BCUT2D eigenvalue weighted by Gasteiger charge is -2.30. The van der Waals surface area contributed by atoms with Crippen LogP contribution in [0.4, 0.5) is 0 Å². The maximum Gasteiger partial charge on any atom is 0.223 e. The molecule has 1 saturated heterocycles. The van der Waals surface area contributed by atoms with Crippen molar-refractivity contribution in [1.29, 1.82) is 0 Å². The molecule has 0 radical (unpaired) electrons. The van der Waals surface area contributed by atoms with Gasteiger partial charge in [-0.25, -0.2) is 12.7 Å². The van der Waals surface area contributed by atoms with Crippen LogP contribution in [-0.2, 0) is 27.0 Å². The number of furan rings is 1. The van der Waals surface area contributed by atoms with Crippen molar-refractivity contribution in [3.8, 4) is 0 Å². The molecule has 2 heterocycles. The number of halogens is 1. The van der Waals surface area contributed by atoms with Crippen LogP contribution in [-0.4, -0.2) is 38.3 Å². The summed E-state index contributed by atoms with van der Waals surface area (Å²) in [5.41, 5.74) is 0.764. The molecular weight excluding hydrogens is 444 g/mol. The standard InChI is InChI=1S/C20H25BrN2O4S/c21-18-7-5-16(6-8-18)15-28(25,26)23-12-9-17(10-13-23)20(24)22-11-1-3-19-4-2-14-27-19/h2,4-8,14,17H,1,3,9-13,15H2,(H,22,24). The number of benzene rings is 1. The van der Waals surface area contributed by atoms with E-state index in [0.29, 0.717) is 32.5 Å². The zero-order valence-electron chi connectivity index (χ0n) is 15.6. The van der Waals surface area contributed by atoms with Crippen molar-refractivity contribution < 1.29 is 17.6 Å². The van der Waals surface area contributed by atoms with Gasteiger partial charge in [-0.3, -0.25) is 4.79 Å². The number of piperidine rings is 1. The van der Waals surface area contributed by atoms with Gasteiger partial charge in [-0.2, -0.15) is 0 Å². The quantitative estimate of drug-likeness (QED) is 0.602. The molecule has 3 rings (SSSR count). The first-order valence-electron chi connectivity index (χ1n) is 9.46. The number of sulfonamides is 1. The van der Waals surface area contributed by atoms with Crippen molar-refractivity contribution in [1.82, 2.24) is 9.62 Å². The average Bonchev–Trinajstić information content (AvgIpc) is 3.20. The highest BCUT2D eigenvalue weighted by atomic mass is 79.9. The molecule has 0 atom stereocenters. The van der Waals surface area contributed by atoms with Crippen LogP contribution in [0.15, 0.2) is 51.6 Å². The van der Waals surface area contributed by atoms with E-state index < -0.39 is 10.0 Å². The summed E-state index contributed by atoms with van der Waals surface area (Å²) in [6, 6.07) is 11.1. The lowest BCUT2D eigenvalue weighted by molar-refractivity contribution is -0.126. The van der Waals surface area contributed by atoms with E-state index in [0.717, 1.165) is 28.6 Å². The van der Waals surface area contributed by atoms with Crippen molar-refractivity contribution >= 4 is 31.9 Å². The van der Waals surface area contributed by atoms with E-state index in [4.69, 9.17) is 4.42 Å². The van der Waals surface area contributed by atoms with Gasteiger partial charge in [-0.15, -0.1) is 0 Å². The first-order valence-corrected chi connectivity index (χ1v) is 11.9. The molecule has 1 aromatic heterocycles. The number of nitrogens with one attached hydrogen (secondary N) is 1. The van der Waals surface area contributed by atoms with E-state index in [2.05, 4.69) is 21.2 Å². The molecule has 0 aliphatic carbocycles. The van der Waals surface area contributed by atoms with Crippen molar-refractivity contribution in [2.45, 2.75) is 31.4 Å². The Kier molecular flexibility index (Phi) is 7.31. The molecule has 0 saturated carbocycles. The van der Waals surface area contributed by atoms with Gasteiger partial charge in [0.05, 0.1) is 12.0 Å². The number of carbonyl (C=O) groups excluding carboxylic acids is 1. The van der Waals surface area contributed by atoms with Gasteiger partial charge >= 0.3 is 0 Å². The normalized spacial score (nSPS) is 16.2. The van der Waals surface area contributed by atoms with Gasteiger partial charge in [0, 0.05) is 36.4 Å². The molecule has 28 heavy (non-hydrogen) atoms. The average molecular weight is 469 g/mol. The van der Waals surface area contributed by atoms with Crippen molar-refractivity contribution in [2.75, 3.05) is 19.6 Å². The zero-order valence-corrected chi connectivity index (χ0v) is 18.0. The van der Waals surface area contributed by atoms with Gasteiger partial charge < -0.3 is 9.73 Å². The molecule has 1 amide bonds. The summed E-state index contributed by atoms with van der Waals surface area (Å²) in [6.07, 6.45) is 4.37. The number of carbonyl (C=O) groups is 1. The molecule has 0 bridgehead atoms. The molecule has 152 valence electrons. The first-order chi connectivity index (χ1) is 13.4. The predicted octanol–water partition coefficient (Wildman–Crippen LogP) is 3.33. The first kappa shape index (κ1) is 21.1. The Morgan fingerprint density at radius 2 is 1.89 bits per heavy atom. The Bertz CT molecular complexity index is 858. The maximum atomic E-state index is 12.6. The number of hydrogen-bond acceptors (Lipinski definition) is 4. The molecule has 1 aromatic carbocycles. The minimum atomic E-state index is -3.37. The fourth-order valence-electron chi connectivity index (χ4n) is 3.35. The molecule has 2 aromatic rings. The van der Waals surface area contributed by atoms with Crippen LogP contribution >= 0.6 is 15.9 Å². The minimum Gasteiger partial charge on any atom is -0.469 e. The SMILES string of the molecule is O=C(NCCCc1ccco1)C1CCN(S(=O)(=O)Cc2ccc(Br)cc2)CC1. The molecule has 0 unspecified atom stereocenters. The molecule has 8 heteroatoms. The Hall–Kier alpha value is -1.64. The summed E-state index contributed by atoms with van der Waals surface area (Å²) in [7, 11) is -3.37. The lowest BCUT2D eigenvalue weighted by atomic mass is 9.97. The van der Waals surface area contributed by atoms with E-state index in [1.807, 2.05) is 36.4 Å². The molecular formula is C20H25BrN2O4S. The van der Waals surface area contributed by atoms with E-state index in [1.165, 1.54) is 4.31 Å². The van der Waals surface area contributed by atoms with Crippen molar-refractivity contribution in [3.63, 3.8) is 0 Å². The monoisotopic (exact) mass is 468 g/mol. The second-order valence-electron chi connectivity index (χ2n) is 7.03. The third kappa shape index (κ3) is 5.93. The van der Waals surface area contributed by atoms with E-state index >= 15 is 0 Å². The Morgan fingerprint density at radius 1 is 1.18 bits per heavy atom. The number of hydrogen-bond donors (Lipinski definition) is 1. The van der Waals surface area contributed by atoms with Gasteiger partial charge in [-0.05, 0) is 49.1 Å². The van der Waals surface area contributed by atoms with Crippen LogP contribution in [0.2, 0.25) is 0 Å². The number of amides is 1. The van der Waals surface area contributed by atoms with Gasteiger partial charge in [-0.1, -0.05) is 28.1 Å². The van der Waals surface area contributed by atoms with Crippen LogP contribution in [0.5, 0.6) is 0 Å². The van der Waals surface area contributed by atoms with Crippen molar-refractivity contribution in [3.05, 3.63) is 58.5 Å². The number of aryl methyl sites for hydroxylation is 1. The summed E-state index contributed by atoms with van der Waals surface area (Å²) in [5.74, 6) is 0.801. The fraction of sp³-hybridized carbons (Fsp3) is 0.450. The van der Waals surface area contributed by atoms with Crippen molar-refractivity contribution in [2.24, 2.45) is 5.92 Å². The van der Waals surface area contributed by atoms with E-state index in [1.54, 1.807) is 6.26 Å². The predicted molar refractivity (Wildman–Crippen MR) is 111 cm³/mol. The summed E-state index contributed by atoms with van der Waals surface area (Å²) >= 11 is 3.35. The topological polar surface area (TPSA) is 79.6 Å². The summed E-state index contributed by atoms with van der Waals surface area (Å²) in [4.78, 5) is 12.3. The maximum absolute atomic E-state index is 12.6. The fourth-order valence-corrected chi connectivity index (χ4v) is 5.18. The molecule has 1 fully saturated rings. The second-order valence-corrected chi connectivity index (χ2v) is 9.91. The van der Waals surface area contributed by atoms with Crippen LogP contribution in [0.25, 0.3) is 0 Å². The minimum absolute atomic E-state index is 0.01000. The third-order valence-electron chi connectivity index (χ3n) is 4.96. The molecule has 1 N–H and O–H groups in total. The highest BCUT2D eigenvalue weighted by molar-refractivity contribution is 9.10. The van der Waals surface area contributed by atoms with E-state index in [-0.39, 0.29) is 17.6 Å². The third-order valence-corrected chi connectivity index (χ3v) is 7.34. The molecule has 0 spiro atoms. The Labute approximate surface area is 174 Å². The van der Waals surface area contributed by atoms with Crippen LogP contribution in [0, 0.1) is 5.92 Å². The van der Waals surface area contributed by atoms with E-state index in [9.17, 15) is 13.2 Å².